The molecule has 0 aliphatic heterocycles. The van der Waals surface area contributed by atoms with Gasteiger partial charge in [-0.05, 0) is 0 Å². The highest BCUT2D eigenvalue weighted by Gasteiger charge is 1.87. The van der Waals surface area contributed by atoms with Crippen molar-refractivity contribution >= 4 is 17.7 Å². The van der Waals surface area contributed by atoms with Crippen LogP contribution >= 0.6 is 11.8 Å². The van der Waals surface area contributed by atoms with Crippen molar-refractivity contribution < 1.29 is 9.84 Å². The Balaban J connectivity index is 3.12. The van der Waals surface area contributed by atoms with Crippen LogP contribution in [-0.2, 0) is 4.74 Å². The standard InChI is InChI=1S/C5H12ClN3O2/c6-9-5(7)8-1-3-11-4-2-10/h10H,1-4H2,(H3,7,8,9). The molecule has 66 valence electrons. The van der Waals surface area contributed by atoms with E-state index in [1.807, 2.05) is 0 Å². The lowest BCUT2D eigenvalue weighted by Crippen LogP contribution is -2.24. The highest BCUT2D eigenvalue weighted by molar-refractivity contribution is 6.21. The van der Waals surface area contributed by atoms with Crippen LogP contribution in [0.15, 0.2) is 4.99 Å². The van der Waals surface area contributed by atoms with Gasteiger partial charge >= 0.3 is 0 Å². The van der Waals surface area contributed by atoms with Crippen molar-refractivity contribution in [2.45, 2.75) is 0 Å². The maximum Gasteiger partial charge on any atom is 0.203 e. The number of hydrogen-bond acceptors (Lipinski definition) is 3. The zero-order chi connectivity index (χ0) is 8.53. The van der Waals surface area contributed by atoms with E-state index in [-0.39, 0.29) is 12.6 Å². The van der Waals surface area contributed by atoms with Crippen LogP contribution in [0.25, 0.3) is 0 Å². The monoisotopic (exact) mass is 181 g/mol. The van der Waals surface area contributed by atoms with Gasteiger partial charge in [0.2, 0.25) is 5.96 Å². The van der Waals surface area contributed by atoms with Gasteiger partial charge in [-0.1, -0.05) is 0 Å². The van der Waals surface area contributed by atoms with Crippen LogP contribution in [0.5, 0.6) is 0 Å². The predicted octanol–water partition coefficient (Wildman–Crippen LogP) is -0.947. The van der Waals surface area contributed by atoms with Crippen LogP contribution in [0.1, 0.15) is 0 Å². The first-order valence-corrected chi connectivity index (χ1v) is 3.54. The molecule has 0 rings (SSSR count). The lowest BCUT2D eigenvalue weighted by atomic mass is 10.7. The number of rotatable bonds is 5. The Morgan fingerprint density at radius 2 is 2.36 bits per heavy atom. The first kappa shape index (κ1) is 10.5. The van der Waals surface area contributed by atoms with Gasteiger partial charge in [0.1, 0.15) is 0 Å². The number of hydrogen-bond donors (Lipinski definition) is 3. The molecule has 0 saturated heterocycles. The summed E-state index contributed by atoms with van der Waals surface area (Å²) in [6.07, 6.45) is 0. The van der Waals surface area contributed by atoms with Crippen LogP contribution < -0.4 is 10.6 Å². The minimum absolute atomic E-state index is 0.0208. The summed E-state index contributed by atoms with van der Waals surface area (Å²) in [5.41, 5.74) is 5.19. The zero-order valence-corrected chi connectivity index (χ0v) is 6.84. The van der Waals surface area contributed by atoms with E-state index in [4.69, 9.17) is 27.4 Å². The van der Waals surface area contributed by atoms with E-state index < -0.39 is 0 Å². The summed E-state index contributed by atoms with van der Waals surface area (Å²) in [6.45, 7) is 1.21. The van der Waals surface area contributed by atoms with E-state index in [0.717, 1.165) is 0 Å². The normalized spacial score (nSPS) is 11.6. The Morgan fingerprint density at radius 1 is 1.64 bits per heavy atom. The Bertz CT molecular complexity index is 120. The molecule has 5 nitrogen and oxygen atoms in total. The molecule has 4 N–H and O–H groups in total. The van der Waals surface area contributed by atoms with Gasteiger partial charge in [0.15, 0.2) is 0 Å². The second-order valence-corrected chi connectivity index (χ2v) is 1.89. The number of nitrogens with zero attached hydrogens (tertiary/aromatic N) is 1. The maximum atomic E-state index is 8.30. The molecule has 0 spiro atoms. The zero-order valence-electron chi connectivity index (χ0n) is 6.09. The molecule has 0 fully saturated rings. The van der Waals surface area contributed by atoms with Crippen LogP contribution in [0.3, 0.4) is 0 Å². The van der Waals surface area contributed by atoms with Crippen molar-refractivity contribution in [1.82, 2.24) is 4.84 Å². The smallest absolute Gasteiger partial charge is 0.203 e. The fourth-order valence-electron chi connectivity index (χ4n) is 0.427. The van der Waals surface area contributed by atoms with Crippen molar-refractivity contribution in [1.29, 1.82) is 0 Å². The summed E-state index contributed by atoms with van der Waals surface area (Å²) in [7, 11) is 0. The highest BCUT2D eigenvalue weighted by atomic mass is 35.5. The molecule has 0 aromatic carbocycles. The minimum Gasteiger partial charge on any atom is -0.394 e. The van der Waals surface area contributed by atoms with E-state index in [2.05, 4.69) is 9.83 Å². The van der Waals surface area contributed by atoms with Crippen molar-refractivity contribution in [3.63, 3.8) is 0 Å². The summed E-state index contributed by atoms with van der Waals surface area (Å²) in [5, 5.41) is 8.30. The number of ether oxygens (including phenoxy) is 1. The molecule has 0 saturated carbocycles. The van der Waals surface area contributed by atoms with Gasteiger partial charge in [-0.3, -0.25) is 9.83 Å². The lowest BCUT2D eigenvalue weighted by Gasteiger charge is -1.98. The molecule has 0 atom stereocenters. The number of aliphatic hydroxyl groups excluding tert-OH is 1. The number of aliphatic imine (C=N–C) groups is 1. The molecule has 11 heavy (non-hydrogen) atoms. The third-order valence-electron chi connectivity index (χ3n) is 0.850. The first-order valence-electron chi connectivity index (χ1n) is 3.16. The van der Waals surface area contributed by atoms with Crippen LogP contribution in [0.2, 0.25) is 0 Å². The first-order chi connectivity index (χ1) is 5.31. The van der Waals surface area contributed by atoms with Crippen LogP contribution in [0, 0.1) is 0 Å². The Hall–Kier alpha value is -0.520. The minimum atomic E-state index is 0.0208. The third-order valence-corrected chi connectivity index (χ3v) is 1.04. The van der Waals surface area contributed by atoms with E-state index in [1.165, 1.54) is 0 Å². The summed E-state index contributed by atoms with van der Waals surface area (Å²) in [4.78, 5) is 5.91. The lowest BCUT2D eigenvalue weighted by molar-refractivity contribution is 0.0978. The SMILES string of the molecule is NC(=NCCOCCO)NCl. The summed E-state index contributed by atoms with van der Waals surface area (Å²) >= 11 is 5.11. The molecule has 0 aliphatic carbocycles. The Kier molecular flexibility index (Phi) is 7.23. The Morgan fingerprint density at radius 3 is 2.91 bits per heavy atom. The fraction of sp³-hybridized carbons (Fsp3) is 0.800. The van der Waals surface area contributed by atoms with Gasteiger partial charge in [0, 0.05) is 11.8 Å². The van der Waals surface area contributed by atoms with Gasteiger partial charge in [-0.2, -0.15) is 0 Å². The van der Waals surface area contributed by atoms with Crippen molar-refractivity contribution in [3.05, 3.63) is 0 Å². The van der Waals surface area contributed by atoms with Gasteiger partial charge < -0.3 is 15.6 Å². The topological polar surface area (TPSA) is 79.9 Å². The van der Waals surface area contributed by atoms with E-state index >= 15 is 0 Å². The van der Waals surface area contributed by atoms with Gasteiger partial charge in [-0.25, -0.2) is 0 Å². The second kappa shape index (κ2) is 7.59. The molecule has 6 heteroatoms. The molecule has 0 aromatic rings. The largest absolute Gasteiger partial charge is 0.394 e. The van der Waals surface area contributed by atoms with Crippen molar-refractivity contribution in [2.75, 3.05) is 26.4 Å². The molecule has 0 amide bonds. The van der Waals surface area contributed by atoms with Gasteiger partial charge in [0.05, 0.1) is 26.4 Å². The molecular formula is C5H12ClN3O2. The molecule has 0 bridgehead atoms. The summed E-state index contributed by atoms with van der Waals surface area (Å²) in [6, 6.07) is 0. The number of nitrogens with one attached hydrogen (secondary N) is 1. The van der Waals surface area contributed by atoms with Crippen molar-refractivity contribution in [3.8, 4) is 0 Å². The van der Waals surface area contributed by atoms with Crippen molar-refractivity contribution in [2.24, 2.45) is 10.7 Å². The number of aliphatic hydroxyl groups is 1. The highest BCUT2D eigenvalue weighted by Crippen LogP contribution is 1.76. The average molecular weight is 182 g/mol. The molecular weight excluding hydrogens is 170 g/mol. The van der Waals surface area contributed by atoms with E-state index in [1.54, 1.807) is 0 Å². The maximum absolute atomic E-state index is 8.30. The second-order valence-electron chi connectivity index (χ2n) is 1.70. The number of nitrogens with two attached hydrogens (primary N) is 1. The van der Waals surface area contributed by atoms with Crippen LogP contribution in [0.4, 0.5) is 0 Å². The Labute approximate surface area is 70.3 Å². The predicted molar refractivity (Wildman–Crippen MR) is 43.4 cm³/mol. The molecule has 0 heterocycles. The molecule has 0 unspecified atom stereocenters. The quantitative estimate of drug-likeness (QED) is 0.221. The van der Waals surface area contributed by atoms with E-state index in [0.29, 0.717) is 19.8 Å². The molecule has 0 aliphatic rings. The van der Waals surface area contributed by atoms with Crippen LogP contribution in [-0.4, -0.2) is 37.4 Å². The summed E-state index contributed by atoms with van der Waals surface area (Å²) < 4.78 is 4.89. The number of guanidine groups is 1. The fourth-order valence-corrected chi connectivity index (χ4v) is 0.487. The average Bonchev–Trinajstić information content (AvgIpc) is 2.04. The molecule has 0 radical (unpaired) electrons. The van der Waals surface area contributed by atoms with E-state index in [9.17, 15) is 0 Å². The van der Waals surface area contributed by atoms with Gasteiger partial charge in [0.25, 0.3) is 0 Å². The third kappa shape index (κ3) is 7.38. The molecule has 0 aromatic heterocycles. The summed E-state index contributed by atoms with van der Waals surface area (Å²) in [5.74, 6) is 0.166. The number of halogens is 1. The van der Waals surface area contributed by atoms with Gasteiger partial charge in [-0.15, -0.1) is 0 Å².